The fourth-order valence-corrected chi connectivity index (χ4v) is 3.35. The molecule has 0 bridgehead atoms. The standard InChI is InChI=1S/C22H22N6O/c1-15-12-20(16(2)28(15)14-19-6-4-5-9-24-19)22(29)26-18-7-8-21(25-13-18)27-11-10-23-17(27)3/h4-13H,14H2,1-3H3,(H,26,29). The van der Waals surface area contributed by atoms with Crippen molar-refractivity contribution in [2.45, 2.75) is 27.3 Å². The molecule has 1 N–H and O–H groups in total. The Balaban J connectivity index is 1.51. The highest BCUT2D eigenvalue weighted by Gasteiger charge is 2.16. The first-order valence-corrected chi connectivity index (χ1v) is 9.37. The number of hydrogen-bond acceptors (Lipinski definition) is 4. The summed E-state index contributed by atoms with van der Waals surface area (Å²) in [5, 5.41) is 2.94. The summed E-state index contributed by atoms with van der Waals surface area (Å²) in [7, 11) is 0. The van der Waals surface area contributed by atoms with E-state index in [9.17, 15) is 4.79 Å². The number of hydrogen-bond donors (Lipinski definition) is 1. The molecule has 0 aromatic carbocycles. The first-order chi connectivity index (χ1) is 14.0. The second-order valence-electron chi connectivity index (χ2n) is 6.90. The van der Waals surface area contributed by atoms with Crippen LogP contribution in [0.3, 0.4) is 0 Å². The van der Waals surface area contributed by atoms with Gasteiger partial charge in [0.05, 0.1) is 29.7 Å². The summed E-state index contributed by atoms with van der Waals surface area (Å²) in [4.78, 5) is 25.8. The molecule has 0 aliphatic carbocycles. The molecule has 7 heteroatoms. The van der Waals surface area contributed by atoms with Gasteiger partial charge in [-0.1, -0.05) is 6.07 Å². The molecule has 0 fully saturated rings. The average molecular weight is 386 g/mol. The Hall–Kier alpha value is -3.74. The number of imidazole rings is 1. The highest BCUT2D eigenvalue weighted by atomic mass is 16.1. The lowest BCUT2D eigenvalue weighted by atomic mass is 10.2. The van der Waals surface area contributed by atoms with Crippen LogP contribution in [0.15, 0.2) is 61.2 Å². The lowest BCUT2D eigenvalue weighted by molar-refractivity contribution is 0.102. The molecule has 0 unspecified atom stereocenters. The van der Waals surface area contributed by atoms with E-state index in [-0.39, 0.29) is 5.91 Å². The number of rotatable bonds is 5. The molecule has 4 rings (SSSR count). The average Bonchev–Trinajstić information content (AvgIpc) is 3.27. The molecule has 4 heterocycles. The Morgan fingerprint density at radius 2 is 1.90 bits per heavy atom. The zero-order valence-electron chi connectivity index (χ0n) is 16.6. The van der Waals surface area contributed by atoms with Gasteiger partial charge in [-0.25, -0.2) is 9.97 Å². The quantitative estimate of drug-likeness (QED) is 0.567. The minimum absolute atomic E-state index is 0.154. The van der Waals surface area contributed by atoms with Crippen molar-refractivity contribution in [1.29, 1.82) is 0 Å². The number of aryl methyl sites for hydroxylation is 2. The van der Waals surface area contributed by atoms with Crippen LogP contribution in [-0.4, -0.2) is 30.0 Å². The van der Waals surface area contributed by atoms with Crippen molar-refractivity contribution in [2.75, 3.05) is 5.32 Å². The van der Waals surface area contributed by atoms with Crippen LogP contribution in [0.2, 0.25) is 0 Å². The molecule has 0 aliphatic heterocycles. The monoisotopic (exact) mass is 386 g/mol. The highest BCUT2D eigenvalue weighted by Crippen LogP contribution is 2.19. The van der Waals surface area contributed by atoms with Gasteiger partial charge in [0.25, 0.3) is 5.91 Å². The molecular formula is C22H22N6O. The maximum Gasteiger partial charge on any atom is 0.257 e. The zero-order valence-corrected chi connectivity index (χ0v) is 16.6. The van der Waals surface area contributed by atoms with E-state index in [4.69, 9.17) is 0 Å². The predicted molar refractivity (Wildman–Crippen MR) is 111 cm³/mol. The van der Waals surface area contributed by atoms with Crippen LogP contribution in [-0.2, 0) is 6.54 Å². The lowest BCUT2D eigenvalue weighted by Crippen LogP contribution is -2.14. The van der Waals surface area contributed by atoms with Crippen LogP contribution in [0, 0.1) is 20.8 Å². The molecule has 0 atom stereocenters. The van der Waals surface area contributed by atoms with Gasteiger partial charge in [-0.3, -0.25) is 14.3 Å². The van der Waals surface area contributed by atoms with E-state index in [2.05, 4.69) is 24.8 Å². The molecule has 146 valence electrons. The highest BCUT2D eigenvalue weighted by molar-refractivity contribution is 6.05. The van der Waals surface area contributed by atoms with E-state index >= 15 is 0 Å². The van der Waals surface area contributed by atoms with Gasteiger partial charge in [0.2, 0.25) is 0 Å². The first kappa shape index (κ1) is 18.6. The Morgan fingerprint density at radius 3 is 2.55 bits per heavy atom. The molecule has 0 spiro atoms. The summed E-state index contributed by atoms with van der Waals surface area (Å²) < 4.78 is 3.98. The second-order valence-corrected chi connectivity index (χ2v) is 6.90. The van der Waals surface area contributed by atoms with Gasteiger partial charge in [0, 0.05) is 30.0 Å². The van der Waals surface area contributed by atoms with Crippen LogP contribution in [0.5, 0.6) is 0 Å². The van der Waals surface area contributed by atoms with Gasteiger partial charge in [-0.2, -0.15) is 0 Å². The number of carbonyl (C=O) groups is 1. The molecule has 0 aliphatic rings. The topological polar surface area (TPSA) is 77.6 Å². The maximum atomic E-state index is 12.8. The van der Waals surface area contributed by atoms with Gasteiger partial charge in [-0.05, 0) is 51.1 Å². The minimum atomic E-state index is -0.154. The summed E-state index contributed by atoms with van der Waals surface area (Å²) in [5.74, 6) is 1.46. The van der Waals surface area contributed by atoms with Crippen molar-refractivity contribution >= 4 is 11.6 Å². The third-order valence-corrected chi connectivity index (χ3v) is 4.94. The van der Waals surface area contributed by atoms with Crippen molar-refractivity contribution in [1.82, 2.24) is 24.1 Å². The number of anilines is 1. The molecule has 29 heavy (non-hydrogen) atoms. The zero-order chi connectivity index (χ0) is 20.4. The second kappa shape index (κ2) is 7.71. The van der Waals surface area contributed by atoms with Gasteiger partial charge in [-0.15, -0.1) is 0 Å². The molecule has 0 saturated heterocycles. The molecule has 0 saturated carbocycles. The summed E-state index contributed by atoms with van der Waals surface area (Å²) in [6.45, 7) is 6.49. The molecular weight excluding hydrogens is 364 g/mol. The number of pyridine rings is 2. The van der Waals surface area contributed by atoms with E-state index < -0.39 is 0 Å². The predicted octanol–water partition coefficient (Wildman–Crippen LogP) is 3.69. The Bertz CT molecular complexity index is 1140. The molecule has 1 amide bonds. The number of amides is 1. The Kier molecular flexibility index (Phi) is 4.95. The van der Waals surface area contributed by atoms with E-state index in [1.54, 1.807) is 18.6 Å². The van der Waals surface area contributed by atoms with Gasteiger partial charge < -0.3 is 9.88 Å². The van der Waals surface area contributed by atoms with Gasteiger partial charge in [0.1, 0.15) is 11.6 Å². The fraction of sp³-hybridized carbons (Fsp3) is 0.182. The number of nitrogens with zero attached hydrogens (tertiary/aromatic N) is 5. The van der Waals surface area contributed by atoms with E-state index in [1.807, 2.05) is 67.9 Å². The first-order valence-electron chi connectivity index (χ1n) is 9.37. The van der Waals surface area contributed by atoms with Crippen molar-refractivity contribution < 1.29 is 4.79 Å². The van der Waals surface area contributed by atoms with Crippen LogP contribution < -0.4 is 5.32 Å². The summed E-state index contributed by atoms with van der Waals surface area (Å²) in [5.41, 5.74) is 4.17. The van der Waals surface area contributed by atoms with E-state index in [1.165, 1.54) is 0 Å². The molecule has 7 nitrogen and oxygen atoms in total. The van der Waals surface area contributed by atoms with Crippen molar-refractivity contribution in [3.8, 4) is 5.82 Å². The third kappa shape index (κ3) is 3.80. The van der Waals surface area contributed by atoms with Crippen molar-refractivity contribution in [3.63, 3.8) is 0 Å². The lowest BCUT2D eigenvalue weighted by Gasteiger charge is -2.10. The van der Waals surface area contributed by atoms with Crippen LogP contribution >= 0.6 is 0 Å². The van der Waals surface area contributed by atoms with Gasteiger partial charge in [0.15, 0.2) is 0 Å². The minimum Gasteiger partial charge on any atom is -0.342 e. The fourth-order valence-electron chi connectivity index (χ4n) is 3.35. The number of aromatic nitrogens is 5. The molecule has 4 aromatic heterocycles. The van der Waals surface area contributed by atoms with E-state index in [0.717, 1.165) is 28.7 Å². The molecule has 0 radical (unpaired) electrons. The molecule has 4 aromatic rings. The maximum absolute atomic E-state index is 12.8. The largest absolute Gasteiger partial charge is 0.342 e. The van der Waals surface area contributed by atoms with Crippen molar-refractivity contribution in [2.24, 2.45) is 0 Å². The summed E-state index contributed by atoms with van der Waals surface area (Å²) in [6.07, 6.45) is 7.01. The Labute approximate surface area is 169 Å². The van der Waals surface area contributed by atoms with E-state index in [0.29, 0.717) is 17.8 Å². The van der Waals surface area contributed by atoms with Crippen molar-refractivity contribution in [3.05, 3.63) is 89.7 Å². The van der Waals surface area contributed by atoms with Crippen LogP contribution in [0.4, 0.5) is 5.69 Å². The number of carbonyl (C=O) groups excluding carboxylic acids is 1. The van der Waals surface area contributed by atoms with Gasteiger partial charge >= 0.3 is 0 Å². The van der Waals surface area contributed by atoms with Crippen LogP contribution in [0.1, 0.15) is 33.3 Å². The Morgan fingerprint density at radius 1 is 1.03 bits per heavy atom. The summed E-state index contributed by atoms with van der Waals surface area (Å²) >= 11 is 0. The smallest absolute Gasteiger partial charge is 0.257 e. The SMILES string of the molecule is Cc1nccn1-c1ccc(NC(=O)c2cc(C)n(Cc3ccccn3)c2C)cn1. The third-order valence-electron chi connectivity index (χ3n) is 4.94. The number of nitrogens with one attached hydrogen (secondary N) is 1. The van der Waals surface area contributed by atoms with Crippen LogP contribution in [0.25, 0.3) is 5.82 Å². The normalized spacial score (nSPS) is 10.9. The summed E-state index contributed by atoms with van der Waals surface area (Å²) in [6, 6.07) is 11.4.